The van der Waals surface area contributed by atoms with Crippen LogP contribution in [0, 0.1) is 0 Å². The van der Waals surface area contributed by atoms with Crippen LogP contribution in [0.15, 0.2) is 61.1 Å². The molecule has 0 bridgehead atoms. The molecule has 1 amide bonds. The molecule has 33 heavy (non-hydrogen) atoms. The van der Waals surface area contributed by atoms with Crippen molar-refractivity contribution in [2.45, 2.75) is 12.8 Å². The number of fused-ring (bicyclic) bond motifs is 1. The van der Waals surface area contributed by atoms with E-state index in [9.17, 15) is 18.0 Å². The maximum Gasteiger partial charge on any atom is 0.416 e. The molecule has 2 N–H and O–H groups in total. The minimum Gasteiger partial charge on any atom is -0.497 e. The molecule has 8 nitrogen and oxygen atoms in total. The summed E-state index contributed by atoms with van der Waals surface area (Å²) in [7, 11) is 1.24. The van der Waals surface area contributed by atoms with Gasteiger partial charge in [0.2, 0.25) is 5.88 Å². The third-order valence-corrected chi connectivity index (χ3v) is 4.68. The Morgan fingerprint density at radius 2 is 1.91 bits per heavy atom. The van der Waals surface area contributed by atoms with E-state index in [2.05, 4.69) is 15.3 Å². The summed E-state index contributed by atoms with van der Waals surface area (Å²) in [6.07, 6.45) is -1.83. The van der Waals surface area contributed by atoms with E-state index in [0.29, 0.717) is 22.3 Å². The molecule has 0 unspecified atom stereocenters. The second-order valence-electron chi connectivity index (χ2n) is 6.89. The standard InChI is InChI=1S/C22H17F3N4O4/c1-32-18-8-14(22(23,24)25)7-15(9-18)28-21(31)29-5-4-13-6-17(2-3-19(13)29)33-20-10-16(11-30)26-12-27-20/h2-10,12,30H,11H2,1H3,(H,28,31). The number of rotatable bonds is 5. The number of hydrogen-bond acceptors (Lipinski definition) is 6. The summed E-state index contributed by atoms with van der Waals surface area (Å²) in [6, 6.07) is 10.4. The lowest BCUT2D eigenvalue weighted by molar-refractivity contribution is -0.137. The first kappa shape index (κ1) is 22.1. The van der Waals surface area contributed by atoms with Gasteiger partial charge >= 0.3 is 12.2 Å². The maximum atomic E-state index is 13.1. The molecule has 0 saturated heterocycles. The quantitative estimate of drug-likeness (QED) is 0.445. The molecule has 0 fully saturated rings. The molecule has 4 aromatic rings. The Kier molecular flexibility index (Phi) is 5.88. The lowest BCUT2D eigenvalue weighted by Gasteiger charge is -2.13. The Balaban J connectivity index is 1.57. The zero-order chi connectivity index (χ0) is 23.6. The molecule has 0 aliphatic rings. The fraction of sp³-hybridized carbons (Fsp3) is 0.136. The highest BCUT2D eigenvalue weighted by Crippen LogP contribution is 2.34. The van der Waals surface area contributed by atoms with Crippen LogP contribution in [0.4, 0.5) is 23.7 Å². The number of aliphatic hydroxyl groups excluding tert-OH is 1. The molecule has 0 radical (unpaired) electrons. The lowest BCUT2D eigenvalue weighted by Crippen LogP contribution is -2.19. The van der Waals surface area contributed by atoms with Gasteiger partial charge in [-0.2, -0.15) is 13.2 Å². The lowest BCUT2D eigenvalue weighted by atomic mass is 10.2. The Morgan fingerprint density at radius 3 is 2.64 bits per heavy atom. The predicted octanol–water partition coefficient (Wildman–Crippen LogP) is 4.82. The second-order valence-corrected chi connectivity index (χ2v) is 6.89. The van der Waals surface area contributed by atoms with E-state index in [1.807, 2.05) is 0 Å². The molecule has 170 valence electrons. The SMILES string of the molecule is COc1cc(NC(=O)n2ccc3cc(Oc4cc(CO)ncn4)ccc32)cc(C(F)(F)F)c1. The monoisotopic (exact) mass is 458 g/mol. The third kappa shape index (κ3) is 4.88. The van der Waals surface area contributed by atoms with Gasteiger partial charge in [0, 0.05) is 29.4 Å². The van der Waals surface area contributed by atoms with Gasteiger partial charge in [0.15, 0.2) is 0 Å². The van der Waals surface area contributed by atoms with E-state index in [0.717, 1.165) is 12.1 Å². The second kappa shape index (κ2) is 8.79. The zero-order valence-electron chi connectivity index (χ0n) is 17.1. The van der Waals surface area contributed by atoms with Crippen LogP contribution in [0.2, 0.25) is 0 Å². The molecule has 11 heteroatoms. The Labute approximate surface area is 185 Å². The summed E-state index contributed by atoms with van der Waals surface area (Å²) in [5, 5.41) is 12.3. The Hall–Kier alpha value is -4.12. The van der Waals surface area contributed by atoms with Crippen molar-refractivity contribution >= 4 is 22.6 Å². The van der Waals surface area contributed by atoms with Crippen LogP contribution in [0.5, 0.6) is 17.4 Å². The van der Waals surface area contributed by atoms with Gasteiger partial charge in [-0.1, -0.05) is 0 Å². The zero-order valence-corrected chi connectivity index (χ0v) is 17.1. The number of anilines is 1. The smallest absolute Gasteiger partial charge is 0.416 e. The van der Waals surface area contributed by atoms with Crippen molar-refractivity contribution in [3.05, 3.63) is 72.3 Å². The highest BCUT2D eigenvalue weighted by molar-refractivity contribution is 5.99. The van der Waals surface area contributed by atoms with Crippen LogP contribution >= 0.6 is 0 Å². The summed E-state index contributed by atoms with van der Waals surface area (Å²) in [5.74, 6) is 0.642. The number of amides is 1. The van der Waals surface area contributed by atoms with Crippen LogP contribution < -0.4 is 14.8 Å². The molecule has 4 rings (SSSR count). The first-order valence-corrected chi connectivity index (χ1v) is 9.55. The Bertz CT molecular complexity index is 1320. The number of halogens is 3. The van der Waals surface area contributed by atoms with Gasteiger partial charge in [-0.05, 0) is 36.4 Å². The predicted molar refractivity (Wildman–Crippen MR) is 112 cm³/mol. The van der Waals surface area contributed by atoms with Gasteiger partial charge in [0.1, 0.15) is 17.8 Å². The van der Waals surface area contributed by atoms with E-state index in [-0.39, 0.29) is 23.9 Å². The van der Waals surface area contributed by atoms with Gasteiger partial charge in [-0.15, -0.1) is 0 Å². The summed E-state index contributed by atoms with van der Waals surface area (Å²) < 4.78 is 51.3. The van der Waals surface area contributed by atoms with Crippen molar-refractivity contribution < 1.29 is 32.5 Å². The van der Waals surface area contributed by atoms with Crippen LogP contribution in [-0.2, 0) is 12.8 Å². The summed E-state index contributed by atoms with van der Waals surface area (Å²) >= 11 is 0. The van der Waals surface area contributed by atoms with Crippen LogP contribution in [0.1, 0.15) is 11.3 Å². The van der Waals surface area contributed by atoms with Crippen LogP contribution in [0.25, 0.3) is 10.9 Å². The van der Waals surface area contributed by atoms with E-state index >= 15 is 0 Å². The normalized spacial score (nSPS) is 11.4. The fourth-order valence-electron chi connectivity index (χ4n) is 3.14. The molecule has 2 heterocycles. The number of alkyl halides is 3. The average Bonchev–Trinajstić information content (AvgIpc) is 3.21. The molecular weight excluding hydrogens is 441 g/mol. The van der Waals surface area contributed by atoms with Crippen molar-refractivity contribution in [3.63, 3.8) is 0 Å². The van der Waals surface area contributed by atoms with Gasteiger partial charge < -0.3 is 19.9 Å². The van der Waals surface area contributed by atoms with Gasteiger partial charge in [0.25, 0.3) is 0 Å². The van der Waals surface area contributed by atoms with Crippen molar-refractivity contribution in [2.75, 3.05) is 12.4 Å². The Morgan fingerprint density at radius 1 is 1.09 bits per heavy atom. The minimum atomic E-state index is -4.59. The maximum absolute atomic E-state index is 13.1. The van der Waals surface area contributed by atoms with Crippen molar-refractivity contribution in [1.29, 1.82) is 0 Å². The number of ether oxygens (including phenoxy) is 2. The molecule has 2 aromatic heterocycles. The molecule has 0 aliphatic heterocycles. The minimum absolute atomic E-state index is 0.0339. The van der Waals surface area contributed by atoms with Gasteiger partial charge in [0.05, 0.1) is 30.5 Å². The first-order chi connectivity index (χ1) is 15.8. The van der Waals surface area contributed by atoms with E-state index in [1.54, 1.807) is 24.3 Å². The van der Waals surface area contributed by atoms with Crippen LogP contribution in [-0.4, -0.2) is 32.8 Å². The summed E-state index contributed by atoms with van der Waals surface area (Å²) in [4.78, 5) is 20.6. The molecule has 0 saturated carbocycles. The van der Waals surface area contributed by atoms with Crippen LogP contribution in [0.3, 0.4) is 0 Å². The highest BCUT2D eigenvalue weighted by Gasteiger charge is 2.31. The third-order valence-electron chi connectivity index (χ3n) is 4.68. The largest absolute Gasteiger partial charge is 0.497 e. The van der Waals surface area contributed by atoms with Crippen molar-refractivity contribution in [1.82, 2.24) is 14.5 Å². The van der Waals surface area contributed by atoms with E-state index in [4.69, 9.17) is 14.6 Å². The molecule has 2 aromatic carbocycles. The first-order valence-electron chi connectivity index (χ1n) is 9.55. The summed E-state index contributed by atoms with van der Waals surface area (Å²) in [5.41, 5.74) is -0.0880. The number of aromatic nitrogens is 3. The van der Waals surface area contributed by atoms with Gasteiger partial charge in [-0.3, -0.25) is 4.57 Å². The number of aliphatic hydroxyl groups is 1. The fourth-order valence-corrected chi connectivity index (χ4v) is 3.14. The molecular formula is C22H17F3N4O4. The highest BCUT2D eigenvalue weighted by atomic mass is 19.4. The molecule has 0 atom stereocenters. The molecule has 0 aliphatic carbocycles. The van der Waals surface area contributed by atoms with Crippen molar-refractivity contribution in [2.24, 2.45) is 0 Å². The number of benzene rings is 2. The van der Waals surface area contributed by atoms with E-state index in [1.165, 1.54) is 36.3 Å². The topological polar surface area (TPSA) is 98.5 Å². The number of carbonyl (C=O) groups excluding carboxylic acids is 1. The number of nitrogens with zero attached hydrogens (tertiary/aromatic N) is 3. The molecule has 0 spiro atoms. The number of hydrogen-bond donors (Lipinski definition) is 2. The number of nitrogens with one attached hydrogen (secondary N) is 1. The van der Waals surface area contributed by atoms with E-state index < -0.39 is 17.8 Å². The summed E-state index contributed by atoms with van der Waals surface area (Å²) in [6.45, 7) is -0.256. The number of methoxy groups -OCH3 is 1. The van der Waals surface area contributed by atoms with Gasteiger partial charge in [-0.25, -0.2) is 14.8 Å². The number of carbonyl (C=O) groups is 1. The van der Waals surface area contributed by atoms with Crippen molar-refractivity contribution in [3.8, 4) is 17.4 Å². The average molecular weight is 458 g/mol.